The third-order valence-electron chi connectivity index (χ3n) is 5.50. The van der Waals surface area contributed by atoms with Gasteiger partial charge in [-0.3, -0.25) is 9.88 Å². The first-order valence-corrected chi connectivity index (χ1v) is 10.6. The second-order valence-electron chi connectivity index (χ2n) is 7.93. The molecule has 1 aliphatic heterocycles. The van der Waals surface area contributed by atoms with Crippen molar-refractivity contribution in [3.05, 3.63) is 88.7 Å². The molecule has 1 radical (unpaired) electrons. The van der Waals surface area contributed by atoms with Gasteiger partial charge in [0.25, 0.3) is 0 Å². The number of rotatable bonds is 6. The van der Waals surface area contributed by atoms with E-state index in [-0.39, 0.29) is 0 Å². The van der Waals surface area contributed by atoms with Crippen LogP contribution in [0.3, 0.4) is 0 Å². The standard InChI is InChI=1S/C25H26ClN2O/c1-18(2)22-6-3-4-8-25(22)29-21-11-9-19(10-12-21)20-13-15-28(16-20)17-24-23(26)7-5-14-27-24/h3-9,11-12,14,18,20H,13,15-17H2,1-2H3. The molecule has 0 saturated carbocycles. The van der Waals surface area contributed by atoms with Crippen LogP contribution in [0.2, 0.25) is 5.02 Å². The van der Waals surface area contributed by atoms with Crippen molar-refractivity contribution in [2.75, 3.05) is 13.1 Å². The minimum absolute atomic E-state index is 0.423. The van der Waals surface area contributed by atoms with Crippen molar-refractivity contribution in [2.24, 2.45) is 0 Å². The molecule has 3 aromatic rings. The second kappa shape index (κ2) is 8.98. The predicted octanol–water partition coefficient (Wildman–Crippen LogP) is 6.44. The molecular formula is C25H26ClN2O. The number of para-hydroxylation sites is 1. The fourth-order valence-electron chi connectivity index (χ4n) is 3.89. The van der Waals surface area contributed by atoms with Crippen LogP contribution in [0.1, 0.15) is 48.9 Å². The topological polar surface area (TPSA) is 25.4 Å². The lowest BCUT2D eigenvalue weighted by atomic mass is 9.98. The molecule has 149 valence electrons. The Hall–Kier alpha value is -2.36. The first-order valence-electron chi connectivity index (χ1n) is 10.2. The highest BCUT2D eigenvalue weighted by Crippen LogP contribution is 2.33. The maximum Gasteiger partial charge on any atom is 0.130 e. The maximum atomic E-state index is 6.26. The van der Waals surface area contributed by atoms with Crippen molar-refractivity contribution in [3.8, 4) is 11.5 Å². The van der Waals surface area contributed by atoms with E-state index in [1.807, 2.05) is 30.3 Å². The van der Waals surface area contributed by atoms with E-state index in [9.17, 15) is 0 Å². The number of benzene rings is 2. The van der Waals surface area contributed by atoms with E-state index in [2.05, 4.69) is 54.1 Å². The minimum Gasteiger partial charge on any atom is -0.457 e. The Kier molecular flexibility index (Phi) is 6.17. The van der Waals surface area contributed by atoms with Gasteiger partial charge in [-0.15, -0.1) is 0 Å². The summed E-state index contributed by atoms with van der Waals surface area (Å²) in [5.41, 5.74) is 3.41. The summed E-state index contributed by atoms with van der Waals surface area (Å²) in [7, 11) is 0. The Morgan fingerprint density at radius 1 is 1.17 bits per heavy atom. The van der Waals surface area contributed by atoms with Crippen molar-refractivity contribution in [1.82, 2.24) is 9.88 Å². The highest BCUT2D eigenvalue weighted by atomic mass is 35.5. The molecule has 2 aromatic carbocycles. The molecule has 29 heavy (non-hydrogen) atoms. The lowest BCUT2D eigenvalue weighted by Crippen LogP contribution is -2.20. The van der Waals surface area contributed by atoms with Gasteiger partial charge in [0.15, 0.2) is 0 Å². The van der Waals surface area contributed by atoms with Crippen LogP contribution < -0.4 is 4.74 Å². The number of likely N-dealkylation sites (tertiary alicyclic amines) is 1. The molecule has 0 N–H and O–H groups in total. The Labute approximate surface area is 178 Å². The van der Waals surface area contributed by atoms with E-state index in [4.69, 9.17) is 16.3 Å². The molecule has 4 heteroatoms. The molecule has 0 amide bonds. The number of aromatic nitrogens is 1. The fourth-order valence-corrected chi connectivity index (χ4v) is 4.08. The van der Waals surface area contributed by atoms with Crippen LogP contribution in [-0.4, -0.2) is 23.0 Å². The van der Waals surface area contributed by atoms with Gasteiger partial charge in [-0.05, 0) is 72.3 Å². The number of hydrogen-bond acceptors (Lipinski definition) is 3. The lowest BCUT2D eigenvalue weighted by Gasteiger charge is -2.17. The molecule has 1 unspecified atom stereocenters. The van der Waals surface area contributed by atoms with Crippen molar-refractivity contribution >= 4 is 11.6 Å². The van der Waals surface area contributed by atoms with E-state index < -0.39 is 0 Å². The largest absolute Gasteiger partial charge is 0.457 e. The van der Waals surface area contributed by atoms with Gasteiger partial charge >= 0.3 is 0 Å². The zero-order chi connectivity index (χ0) is 20.2. The predicted molar refractivity (Wildman–Crippen MR) is 118 cm³/mol. The normalized spacial score (nSPS) is 17.0. The summed E-state index contributed by atoms with van der Waals surface area (Å²) in [4.78, 5) is 6.83. The van der Waals surface area contributed by atoms with Crippen molar-refractivity contribution in [1.29, 1.82) is 0 Å². The number of ether oxygens (including phenoxy) is 1. The number of nitrogens with zero attached hydrogens (tertiary/aromatic N) is 2. The summed E-state index contributed by atoms with van der Waals surface area (Å²) < 4.78 is 6.14. The zero-order valence-electron chi connectivity index (χ0n) is 16.9. The molecular weight excluding hydrogens is 380 g/mol. The van der Waals surface area contributed by atoms with Crippen LogP contribution in [0, 0.1) is 6.07 Å². The van der Waals surface area contributed by atoms with E-state index in [1.165, 1.54) is 11.1 Å². The third kappa shape index (κ3) is 4.80. The summed E-state index contributed by atoms with van der Waals surface area (Å²) in [6.07, 6.45) is 2.93. The first kappa shape index (κ1) is 19.9. The molecule has 4 rings (SSSR count). The molecule has 1 atom stereocenters. The summed E-state index contributed by atoms with van der Waals surface area (Å²) in [6.45, 7) is 7.21. The minimum atomic E-state index is 0.423. The molecule has 1 aliphatic rings. The van der Waals surface area contributed by atoms with Crippen LogP contribution in [-0.2, 0) is 6.54 Å². The van der Waals surface area contributed by atoms with Gasteiger partial charge in [-0.2, -0.15) is 0 Å². The number of hydrogen-bond donors (Lipinski definition) is 0. The summed E-state index contributed by atoms with van der Waals surface area (Å²) >= 11 is 6.26. The van der Waals surface area contributed by atoms with Gasteiger partial charge in [0.05, 0.1) is 10.7 Å². The molecule has 0 aliphatic carbocycles. The Morgan fingerprint density at radius 2 is 2.03 bits per heavy atom. The second-order valence-corrected chi connectivity index (χ2v) is 8.33. The maximum absolute atomic E-state index is 6.26. The molecule has 1 aromatic heterocycles. The van der Waals surface area contributed by atoms with Crippen LogP contribution in [0.5, 0.6) is 11.5 Å². The highest BCUT2D eigenvalue weighted by Gasteiger charge is 2.24. The van der Waals surface area contributed by atoms with Gasteiger partial charge in [0.2, 0.25) is 0 Å². The van der Waals surface area contributed by atoms with Gasteiger partial charge in [0, 0.05) is 19.3 Å². The Bertz CT molecular complexity index is 955. The van der Waals surface area contributed by atoms with Crippen molar-refractivity contribution in [2.45, 2.75) is 38.6 Å². The summed E-state index contributed by atoms with van der Waals surface area (Å²) in [5, 5.41) is 0.741. The molecule has 0 bridgehead atoms. The quantitative estimate of drug-likeness (QED) is 0.471. The highest BCUT2D eigenvalue weighted by molar-refractivity contribution is 6.31. The summed E-state index contributed by atoms with van der Waals surface area (Å²) in [6, 6.07) is 21.6. The average molecular weight is 406 g/mol. The first-order chi connectivity index (χ1) is 14.1. The van der Waals surface area contributed by atoms with Gasteiger partial charge in [0.1, 0.15) is 11.5 Å². The molecule has 2 heterocycles. The van der Waals surface area contributed by atoms with Gasteiger partial charge in [-0.1, -0.05) is 49.7 Å². The van der Waals surface area contributed by atoms with E-state index in [0.717, 1.165) is 48.3 Å². The van der Waals surface area contributed by atoms with Crippen LogP contribution >= 0.6 is 11.6 Å². The smallest absolute Gasteiger partial charge is 0.130 e. The van der Waals surface area contributed by atoms with Crippen LogP contribution in [0.15, 0.2) is 60.8 Å². The van der Waals surface area contributed by atoms with Gasteiger partial charge in [-0.25, -0.2) is 0 Å². The molecule has 0 spiro atoms. The molecule has 1 fully saturated rings. The van der Waals surface area contributed by atoms with E-state index >= 15 is 0 Å². The molecule has 3 nitrogen and oxygen atoms in total. The van der Waals surface area contributed by atoms with Crippen molar-refractivity contribution < 1.29 is 4.74 Å². The van der Waals surface area contributed by atoms with Crippen LogP contribution in [0.4, 0.5) is 0 Å². The van der Waals surface area contributed by atoms with Crippen molar-refractivity contribution in [3.63, 3.8) is 0 Å². The lowest BCUT2D eigenvalue weighted by molar-refractivity contribution is 0.323. The molecule has 1 saturated heterocycles. The zero-order valence-corrected chi connectivity index (χ0v) is 17.7. The number of pyridine rings is 1. The number of halogens is 1. The van der Waals surface area contributed by atoms with E-state index in [1.54, 1.807) is 6.20 Å². The van der Waals surface area contributed by atoms with Gasteiger partial charge < -0.3 is 4.74 Å². The third-order valence-corrected chi connectivity index (χ3v) is 5.84. The Balaban J connectivity index is 1.39. The fraction of sp³-hybridized carbons (Fsp3) is 0.320. The monoisotopic (exact) mass is 405 g/mol. The van der Waals surface area contributed by atoms with Crippen LogP contribution in [0.25, 0.3) is 0 Å². The Morgan fingerprint density at radius 3 is 2.79 bits per heavy atom. The van der Waals surface area contributed by atoms with E-state index in [0.29, 0.717) is 11.8 Å². The summed E-state index contributed by atoms with van der Waals surface area (Å²) in [5.74, 6) is 2.65. The SMILES string of the molecule is CC(C)c1ccccc1Oc1c[c]c(C2CCN(Cc3ncccc3Cl)C2)cc1. The average Bonchev–Trinajstić information content (AvgIpc) is 3.19.